The van der Waals surface area contributed by atoms with Crippen LogP contribution in [0.15, 0.2) is 21.3 Å². The van der Waals surface area contributed by atoms with Gasteiger partial charge in [-0.2, -0.15) is 0 Å². The number of carbonyl (C=O) groups excluding carboxylic acids is 2. The molecule has 23 heavy (non-hydrogen) atoms. The number of aryl methyl sites for hydroxylation is 1. The van der Waals surface area contributed by atoms with Crippen molar-refractivity contribution in [2.24, 2.45) is 0 Å². The highest BCUT2D eigenvalue weighted by molar-refractivity contribution is 6.32. The first-order valence-electron chi connectivity index (χ1n) is 6.60. The molecule has 1 N–H and O–H groups in total. The average Bonchev–Trinajstić information content (AvgIpc) is 2.49. The number of halogens is 1. The summed E-state index contributed by atoms with van der Waals surface area (Å²) in [5.74, 6) is -1.68. The van der Waals surface area contributed by atoms with Gasteiger partial charge in [0.25, 0.3) is 0 Å². The number of carboxylic acids is 1. The zero-order chi connectivity index (χ0) is 17.1. The summed E-state index contributed by atoms with van der Waals surface area (Å²) < 4.78 is 10.3. The third-order valence-corrected chi connectivity index (χ3v) is 3.62. The molecule has 1 aromatic carbocycles. The lowest BCUT2D eigenvalue weighted by atomic mass is 10.0. The van der Waals surface area contributed by atoms with Crippen molar-refractivity contribution in [2.45, 2.75) is 13.3 Å². The Balaban J connectivity index is 2.43. The molecule has 0 radical (unpaired) electrons. The Labute approximate surface area is 135 Å². The van der Waals surface area contributed by atoms with Gasteiger partial charge in [0.2, 0.25) is 5.91 Å². The third kappa shape index (κ3) is 3.62. The van der Waals surface area contributed by atoms with Gasteiger partial charge < -0.3 is 24.4 Å². The Morgan fingerprint density at radius 2 is 2.09 bits per heavy atom. The second-order valence-electron chi connectivity index (χ2n) is 4.80. The molecule has 0 atom stereocenters. The van der Waals surface area contributed by atoms with Crippen molar-refractivity contribution in [3.05, 3.63) is 38.7 Å². The molecule has 0 spiro atoms. The minimum Gasteiger partial charge on any atom is -0.548 e. The molecular weight excluding hydrogens is 326 g/mol. The maximum atomic E-state index is 12.1. The number of hydrogen-bond acceptors (Lipinski definition) is 6. The van der Waals surface area contributed by atoms with E-state index in [2.05, 4.69) is 5.32 Å². The van der Waals surface area contributed by atoms with Crippen molar-refractivity contribution >= 4 is 34.4 Å². The van der Waals surface area contributed by atoms with Crippen molar-refractivity contribution in [3.8, 4) is 5.75 Å². The summed E-state index contributed by atoms with van der Waals surface area (Å²) >= 11 is 6.06. The van der Waals surface area contributed by atoms with Gasteiger partial charge in [-0.25, -0.2) is 4.79 Å². The lowest BCUT2D eigenvalue weighted by Crippen LogP contribution is -2.38. The maximum Gasteiger partial charge on any atom is 0.340 e. The zero-order valence-electron chi connectivity index (χ0n) is 12.4. The molecule has 0 aliphatic rings. The Morgan fingerprint density at radius 1 is 1.39 bits per heavy atom. The number of carboxylic acid groups (broad SMARTS) is 1. The van der Waals surface area contributed by atoms with E-state index >= 15 is 0 Å². The lowest BCUT2D eigenvalue weighted by molar-refractivity contribution is -0.304. The second kappa shape index (κ2) is 6.70. The molecule has 7 nitrogen and oxygen atoms in total. The highest BCUT2D eigenvalue weighted by atomic mass is 35.5. The number of carbonyl (C=O) groups is 2. The number of aliphatic carboxylic acids is 1. The van der Waals surface area contributed by atoms with Crippen LogP contribution in [0.5, 0.6) is 5.75 Å². The van der Waals surface area contributed by atoms with Crippen molar-refractivity contribution < 1.29 is 23.8 Å². The van der Waals surface area contributed by atoms with E-state index in [1.165, 1.54) is 13.2 Å². The first-order valence-corrected chi connectivity index (χ1v) is 6.97. The van der Waals surface area contributed by atoms with E-state index in [1.54, 1.807) is 13.0 Å². The maximum absolute atomic E-state index is 12.1. The highest BCUT2D eigenvalue weighted by Crippen LogP contribution is 2.31. The third-order valence-electron chi connectivity index (χ3n) is 3.33. The number of amides is 1. The van der Waals surface area contributed by atoms with Crippen LogP contribution >= 0.6 is 11.6 Å². The van der Waals surface area contributed by atoms with Gasteiger partial charge in [-0.1, -0.05) is 11.6 Å². The minimum absolute atomic E-state index is 0.134. The molecular formula is C15H13ClNO6-. The summed E-state index contributed by atoms with van der Waals surface area (Å²) in [6, 6.07) is 3.07. The molecule has 0 fully saturated rings. The van der Waals surface area contributed by atoms with E-state index < -0.39 is 24.0 Å². The molecule has 0 aliphatic carbocycles. The van der Waals surface area contributed by atoms with Gasteiger partial charge in [0.1, 0.15) is 11.3 Å². The number of nitrogens with one attached hydrogen (secondary N) is 1. The first-order chi connectivity index (χ1) is 10.8. The van der Waals surface area contributed by atoms with Gasteiger partial charge in [0, 0.05) is 11.5 Å². The van der Waals surface area contributed by atoms with Crippen molar-refractivity contribution in [1.82, 2.24) is 5.32 Å². The van der Waals surface area contributed by atoms with Gasteiger partial charge in [-0.3, -0.25) is 4.79 Å². The van der Waals surface area contributed by atoms with Gasteiger partial charge >= 0.3 is 5.63 Å². The van der Waals surface area contributed by atoms with Crippen LogP contribution in [0, 0.1) is 6.92 Å². The molecule has 1 amide bonds. The number of benzene rings is 1. The van der Waals surface area contributed by atoms with Gasteiger partial charge in [-0.15, -0.1) is 0 Å². The van der Waals surface area contributed by atoms with Gasteiger partial charge in [-0.05, 0) is 18.6 Å². The summed E-state index contributed by atoms with van der Waals surface area (Å²) in [7, 11) is 1.44. The molecule has 1 heterocycles. The Kier molecular flexibility index (Phi) is 4.90. The van der Waals surface area contributed by atoms with E-state index in [0.717, 1.165) is 0 Å². The number of methoxy groups -OCH3 is 1. The molecule has 0 bridgehead atoms. The molecule has 2 aromatic rings. The van der Waals surface area contributed by atoms with E-state index in [1.807, 2.05) is 0 Å². The van der Waals surface area contributed by atoms with Crippen LogP contribution in [0.2, 0.25) is 5.02 Å². The quantitative estimate of drug-likeness (QED) is 0.778. The lowest BCUT2D eigenvalue weighted by Gasteiger charge is -2.10. The van der Waals surface area contributed by atoms with Crippen LogP contribution in [-0.2, 0) is 16.0 Å². The summed E-state index contributed by atoms with van der Waals surface area (Å²) in [6.07, 6.45) is -0.305. The predicted molar refractivity (Wildman–Crippen MR) is 80.5 cm³/mol. The first kappa shape index (κ1) is 16.8. The second-order valence-corrected chi connectivity index (χ2v) is 5.21. The Bertz CT molecular complexity index is 842. The molecule has 8 heteroatoms. The topological polar surface area (TPSA) is 109 Å². The SMILES string of the molecule is COc1cc2oc(=O)c(CC(=O)NCC(=O)[O-])c(C)c2cc1Cl. The fourth-order valence-electron chi connectivity index (χ4n) is 2.14. The van der Waals surface area contributed by atoms with Gasteiger partial charge in [0.15, 0.2) is 0 Å². The number of rotatable bonds is 5. The number of hydrogen-bond donors (Lipinski definition) is 1. The summed E-state index contributed by atoms with van der Waals surface area (Å²) in [5.41, 5.74) is 0.273. The zero-order valence-corrected chi connectivity index (χ0v) is 13.2. The fraction of sp³-hybridized carbons (Fsp3) is 0.267. The molecule has 122 valence electrons. The largest absolute Gasteiger partial charge is 0.548 e. The summed E-state index contributed by atoms with van der Waals surface area (Å²) in [5, 5.41) is 13.4. The van der Waals surface area contributed by atoms with Crippen LogP contribution < -0.4 is 20.8 Å². The molecule has 1 aromatic heterocycles. The van der Waals surface area contributed by atoms with Crippen molar-refractivity contribution in [2.75, 3.05) is 13.7 Å². The molecule has 0 saturated carbocycles. The van der Waals surface area contributed by atoms with Crippen LogP contribution in [-0.4, -0.2) is 25.5 Å². The summed E-state index contributed by atoms with van der Waals surface area (Å²) in [4.78, 5) is 34.1. The molecule has 0 unspecified atom stereocenters. The monoisotopic (exact) mass is 338 g/mol. The van der Waals surface area contributed by atoms with Crippen LogP contribution in [0.1, 0.15) is 11.1 Å². The van der Waals surface area contributed by atoms with E-state index in [-0.39, 0.29) is 17.6 Å². The van der Waals surface area contributed by atoms with Crippen molar-refractivity contribution in [3.63, 3.8) is 0 Å². The standard InChI is InChI=1S/C15H14ClNO6/c1-7-8-3-10(16)12(22-2)5-11(8)23-15(21)9(7)4-13(18)17-6-14(19)20/h3,5H,4,6H2,1-2H3,(H,17,18)(H,19,20)/p-1. The van der Waals surface area contributed by atoms with E-state index in [9.17, 15) is 19.5 Å². The minimum atomic E-state index is -1.42. The Morgan fingerprint density at radius 3 is 2.70 bits per heavy atom. The molecule has 2 rings (SSSR count). The smallest absolute Gasteiger partial charge is 0.340 e. The van der Waals surface area contributed by atoms with Crippen LogP contribution in [0.25, 0.3) is 11.0 Å². The van der Waals surface area contributed by atoms with E-state index in [4.69, 9.17) is 20.8 Å². The van der Waals surface area contributed by atoms with E-state index in [0.29, 0.717) is 21.7 Å². The van der Waals surface area contributed by atoms with Gasteiger partial charge in [0.05, 0.1) is 36.6 Å². The summed E-state index contributed by atoms with van der Waals surface area (Å²) in [6.45, 7) is 1.03. The normalized spacial score (nSPS) is 10.6. The molecule has 0 aliphatic heterocycles. The molecule has 0 saturated heterocycles. The highest BCUT2D eigenvalue weighted by Gasteiger charge is 2.16. The Hall–Kier alpha value is -2.54. The number of fused-ring (bicyclic) bond motifs is 1. The fourth-order valence-corrected chi connectivity index (χ4v) is 2.39. The van der Waals surface area contributed by atoms with Crippen molar-refractivity contribution in [1.29, 1.82) is 0 Å². The average molecular weight is 339 g/mol. The van der Waals surface area contributed by atoms with Crippen LogP contribution in [0.4, 0.5) is 0 Å². The number of ether oxygens (including phenoxy) is 1. The predicted octanol–water partition coefficient (Wildman–Crippen LogP) is 0.172. The van der Waals surface area contributed by atoms with Crippen LogP contribution in [0.3, 0.4) is 0 Å².